The molecule has 1 rings (SSSR count). The first-order valence-electron chi connectivity index (χ1n) is 4.03. The summed E-state index contributed by atoms with van der Waals surface area (Å²) >= 11 is 0. The van der Waals surface area contributed by atoms with E-state index in [9.17, 15) is 13.2 Å². The Labute approximate surface area is 85.1 Å². The molecule has 1 aromatic rings. The van der Waals surface area contributed by atoms with Crippen LogP contribution in [-0.2, 0) is 6.18 Å². The van der Waals surface area contributed by atoms with Crippen molar-refractivity contribution in [3.05, 3.63) is 34.9 Å². The summed E-state index contributed by atoms with van der Waals surface area (Å²) in [6.45, 7) is 1.46. The van der Waals surface area contributed by atoms with E-state index in [1.165, 1.54) is 19.1 Å². The Morgan fingerprint density at radius 3 is 2.40 bits per heavy atom. The van der Waals surface area contributed by atoms with Crippen molar-refractivity contribution in [1.29, 1.82) is 5.26 Å². The maximum Gasteiger partial charge on any atom is 0.417 e. The maximum atomic E-state index is 12.5. The number of alkyl halides is 3. The van der Waals surface area contributed by atoms with Gasteiger partial charge in [0.05, 0.1) is 17.2 Å². The van der Waals surface area contributed by atoms with E-state index < -0.39 is 11.7 Å². The zero-order valence-electron chi connectivity index (χ0n) is 7.81. The van der Waals surface area contributed by atoms with Gasteiger partial charge in [-0.15, -0.1) is 5.92 Å². The minimum absolute atomic E-state index is 0.0241. The fraction of sp³-hybridized carbons (Fsp3) is 0.182. The number of hydrogen-bond acceptors (Lipinski definition) is 1. The Balaban J connectivity index is 3.42. The third kappa shape index (κ3) is 2.51. The Morgan fingerprint density at radius 2 is 1.93 bits per heavy atom. The highest BCUT2D eigenvalue weighted by atomic mass is 19.4. The first-order valence-corrected chi connectivity index (χ1v) is 4.03. The molecule has 0 unspecified atom stereocenters. The van der Waals surface area contributed by atoms with Crippen LogP contribution in [0.3, 0.4) is 0 Å². The molecular formula is C11H6F3N. The molecule has 0 aliphatic rings. The molecule has 0 saturated carbocycles. The molecule has 0 radical (unpaired) electrons. The second kappa shape index (κ2) is 4.06. The lowest BCUT2D eigenvalue weighted by atomic mass is 10.0. The average Bonchev–Trinajstić information content (AvgIpc) is 2.17. The van der Waals surface area contributed by atoms with Crippen LogP contribution in [0.25, 0.3) is 0 Å². The van der Waals surface area contributed by atoms with Crippen LogP contribution in [0.1, 0.15) is 23.6 Å². The number of benzene rings is 1. The molecule has 0 spiro atoms. The molecule has 0 aromatic heterocycles. The van der Waals surface area contributed by atoms with Crippen LogP contribution in [0.2, 0.25) is 0 Å². The summed E-state index contributed by atoms with van der Waals surface area (Å²) in [5.41, 5.74) is -0.996. The van der Waals surface area contributed by atoms with E-state index in [0.717, 1.165) is 6.07 Å². The Hall–Kier alpha value is -1.94. The van der Waals surface area contributed by atoms with Crippen LogP contribution >= 0.6 is 0 Å². The molecule has 1 nitrogen and oxygen atoms in total. The van der Waals surface area contributed by atoms with Gasteiger partial charge in [0.1, 0.15) is 0 Å². The fourth-order valence-corrected chi connectivity index (χ4v) is 1.09. The van der Waals surface area contributed by atoms with Crippen molar-refractivity contribution in [3.8, 4) is 17.9 Å². The Bertz CT molecular complexity index is 469. The van der Waals surface area contributed by atoms with Gasteiger partial charge in [-0.1, -0.05) is 5.92 Å². The third-order valence-electron chi connectivity index (χ3n) is 1.71. The molecule has 0 N–H and O–H groups in total. The van der Waals surface area contributed by atoms with Crippen LogP contribution in [0.5, 0.6) is 0 Å². The van der Waals surface area contributed by atoms with E-state index in [4.69, 9.17) is 5.26 Å². The van der Waals surface area contributed by atoms with E-state index in [0.29, 0.717) is 0 Å². The van der Waals surface area contributed by atoms with Gasteiger partial charge in [-0.05, 0) is 25.1 Å². The molecule has 0 saturated heterocycles. The largest absolute Gasteiger partial charge is 0.417 e. The summed E-state index contributed by atoms with van der Waals surface area (Å²) in [5.74, 6) is 4.76. The van der Waals surface area contributed by atoms with Gasteiger partial charge < -0.3 is 0 Å². The summed E-state index contributed by atoms with van der Waals surface area (Å²) in [5, 5.41) is 8.50. The highest BCUT2D eigenvalue weighted by Crippen LogP contribution is 2.32. The summed E-state index contributed by atoms with van der Waals surface area (Å²) in [4.78, 5) is 0. The van der Waals surface area contributed by atoms with E-state index >= 15 is 0 Å². The van der Waals surface area contributed by atoms with Crippen LogP contribution in [0.4, 0.5) is 13.2 Å². The van der Waals surface area contributed by atoms with Gasteiger partial charge in [-0.2, -0.15) is 18.4 Å². The molecule has 1 aromatic carbocycles. The molecule has 0 bridgehead atoms. The summed E-state index contributed by atoms with van der Waals surface area (Å²) in [7, 11) is 0. The highest BCUT2D eigenvalue weighted by molar-refractivity contribution is 5.47. The van der Waals surface area contributed by atoms with Gasteiger partial charge in [0.2, 0.25) is 0 Å². The SMILES string of the molecule is CC#Cc1ccc(C#N)cc1C(F)(F)F. The molecule has 0 atom stereocenters. The number of nitrogens with zero attached hydrogens (tertiary/aromatic N) is 1. The van der Waals surface area contributed by atoms with Gasteiger partial charge >= 0.3 is 6.18 Å². The first kappa shape index (κ1) is 11.1. The third-order valence-corrected chi connectivity index (χ3v) is 1.71. The molecular weight excluding hydrogens is 203 g/mol. The van der Waals surface area contributed by atoms with Crippen LogP contribution in [0, 0.1) is 23.2 Å². The fourth-order valence-electron chi connectivity index (χ4n) is 1.09. The Morgan fingerprint density at radius 1 is 1.27 bits per heavy atom. The van der Waals surface area contributed by atoms with Crippen molar-refractivity contribution >= 4 is 0 Å². The van der Waals surface area contributed by atoms with E-state index in [2.05, 4.69) is 11.8 Å². The van der Waals surface area contributed by atoms with E-state index in [1.54, 1.807) is 6.07 Å². The number of rotatable bonds is 0. The number of halogens is 3. The van der Waals surface area contributed by atoms with E-state index in [-0.39, 0.29) is 11.1 Å². The standard InChI is InChI=1S/C11H6F3N/c1-2-3-9-5-4-8(7-15)6-10(9)11(12,13)14/h4-6H,1H3. The van der Waals surface area contributed by atoms with Crippen molar-refractivity contribution in [1.82, 2.24) is 0 Å². The van der Waals surface area contributed by atoms with Crippen molar-refractivity contribution in [2.45, 2.75) is 13.1 Å². The minimum atomic E-state index is -4.48. The molecule has 0 aliphatic heterocycles. The van der Waals surface area contributed by atoms with Gasteiger partial charge in [-0.3, -0.25) is 0 Å². The molecule has 0 aliphatic carbocycles. The zero-order valence-corrected chi connectivity index (χ0v) is 7.81. The normalized spacial score (nSPS) is 10.1. The van der Waals surface area contributed by atoms with Crippen molar-refractivity contribution < 1.29 is 13.2 Å². The predicted octanol–water partition coefficient (Wildman–Crippen LogP) is 2.95. The summed E-state index contributed by atoms with van der Waals surface area (Å²) in [6.07, 6.45) is -4.48. The Kier molecular flexibility index (Phi) is 3.01. The molecule has 0 fully saturated rings. The van der Waals surface area contributed by atoms with Gasteiger partial charge in [0, 0.05) is 5.56 Å². The van der Waals surface area contributed by atoms with Gasteiger partial charge in [0.25, 0.3) is 0 Å². The van der Waals surface area contributed by atoms with E-state index in [1.807, 2.05) is 0 Å². The van der Waals surface area contributed by atoms with Gasteiger partial charge in [-0.25, -0.2) is 0 Å². The second-order valence-corrected chi connectivity index (χ2v) is 2.74. The lowest BCUT2D eigenvalue weighted by Crippen LogP contribution is -2.08. The van der Waals surface area contributed by atoms with Crippen LogP contribution < -0.4 is 0 Å². The first-order chi connectivity index (χ1) is 6.99. The average molecular weight is 209 g/mol. The monoisotopic (exact) mass is 209 g/mol. The predicted molar refractivity (Wildman–Crippen MR) is 48.7 cm³/mol. The van der Waals surface area contributed by atoms with Crippen molar-refractivity contribution in [3.63, 3.8) is 0 Å². The van der Waals surface area contributed by atoms with Crippen LogP contribution in [-0.4, -0.2) is 0 Å². The van der Waals surface area contributed by atoms with Crippen LogP contribution in [0.15, 0.2) is 18.2 Å². The summed E-state index contributed by atoms with van der Waals surface area (Å²) < 4.78 is 37.5. The molecule has 4 heteroatoms. The lowest BCUT2D eigenvalue weighted by molar-refractivity contribution is -0.137. The number of hydrogen-bond donors (Lipinski definition) is 0. The highest BCUT2D eigenvalue weighted by Gasteiger charge is 2.33. The molecule has 0 amide bonds. The number of nitriles is 1. The molecule has 0 heterocycles. The summed E-state index contributed by atoms with van der Waals surface area (Å²) in [6, 6.07) is 4.99. The quantitative estimate of drug-likeness (QED) is 0.602. The second-order valence-electron chi connectivity index (χ2n) is 2.74. The smallest absolute Gasteiger partial charge is 0.192 e. The molecule has 76 valence electrons. The van der Waals surface area contributed by atoms with Crippen molar-refractivity contribution in [2.75, 3.05) is 0 Å². The van der Waals surface area contributed by atoms with Crippen molar-refractivity contribution in [2.24, 2.45) is 0 Å². The topological polar surface area (TPSA) is 23.8 Å². The van der Waals surface area contributed by atoms with Gasteiger partial charge in [0.15, 0.2) is 0 Å². The maximum absolute atomic E-state index is 12.5. The zero-order chi connectivity index (χ0) is 11.5. The minimum Gasteiger partial charge on any atom is -0.192 e. The lowest BCUT2D eigenvalue weighted by Gasteiger charge is -2.08. The molecule has 15 heavy (non-hydrogen) atoms.